The van der Waals surface area contributed by atoms with Crippen LogP contribution in [0.3, 0.4) is 0 Å². The van der Waals surface area contributed by atoms with Crippen LogP contribution in [-0.4, -0.2) is 35.2 Å². The lowest BCUT2D eigenvalue weighted by Crippen LogP contribution is -2.45. The molecule has 0 aromatic rings. The van der Waals surface area contributed by atoms with Crippen molar-refractivity contribution < 1.29 is 9.90 Å². The summed E-state index contributed by atoms with van der Waals surface area (Å²) in [5.41, 5.74) is 3.12. The average Bonchev–Trinajstić information content (AvgIpc) is 2.48. The maximum atomic E-state index is 10.7. The SMILES string of the molecule is CCCNN1CCC[C@H]1C(=O)O. The van der Waals surface area contributed by atoms with Gasteiger partial charge in [-0.05, 0) is 19.3 Å². The van der Waals surface area contributed by atoms with E-state index in [0.717, 1.165) is 32.4 Å². The van der Waals surface area contributed by atoms with Gasteiger partial charge < -0.3 is 5.11 Å². The lowest BCUT2D eigenvalue weighted by molar-refractivity contribution is -0.143. The molecule has 1 aliphatic rings. The van der Waals surface area contributed by atoms with E-state index in [9.17, 15) is 4.79 Å². The summed E-state index contributed by atoms with van der Waals surface area (Å²) in [5, 5.41) is 10.6. The van der Waals surface area contributed by atoms with Crippen molar-refractivity contribution in [3.05, 3.63) is 0 Å². The molecule has 1 heterocycles. The molecule has 4 nitrogen and oxygen atoms in total. The van der Waals surface area contributed by atoms with E-state index in [4.69, 9.17) is 5.11 Å². The molecule has 1 rings (SSSR count). The number of nitrogens with one attached hydrogen (secondary N) is 1. The van der Waals surface area contributed by atoms with Gasteiger partial charge in [0.05, 0.1) is 0 Å². The highest BCUT2D eigenvalue weighted by atomic mass is 16.4. The van der Waals surface area contributed by atoms with Gasteiger partial charge in [-0.25, -0.2) is 5.01 Å². The Bertz CT molecular complexity index is 161. The van der Waals surface area contributed by atoms with Gasteiger partial charge in [-0.3, -0.25) is 10.2 Å². The highest BCUT2D eigenvalue weighted by Crippen LogP contribution is 2.14. The average molecular weight is 172 g/mol. The van der Waals surface area contributed by atoms with Crippen molar-refractivity contribution in [3.63, 3.8) is 0 Å². The van der Waals surface area contributed by atoms with Crippen molar-refractivity contribution in [1.82, 2.24) is 10.4 Å². The third-order valence-corrected chi connectivity index (χ3v) is 2.10. The first-order valence-corrected chi connectivity index (χ1v) is 4.48. The van der Waals surface area contributed by atoms with Crippen LogP contribution in [0.2, 0.25) is 0 Å². The molecule has 0 unspecified atom stereocenters. The Morgan fingerprint density at radius 2 is 2.50 bits per heavy atom. The molecule has 1 aliphatic heterocycles. The second-order valence-electron chi connectivity index (χ2n) is 3.10. The summed E-state index contributed by atoms with van der Waals surface area (Å²) in [5.74, 6) is -0.712. The van der Waals surface area contributed by atoms with E-state index in [-0.39, 0.29) is 6.04 Å². The predicted octanol–water partition coefficient (Wildman–Crippen LogP) is 0.450. The third kappa shape index (κ3) is 2.19. The summed E-state index contributed by atoms with van der Waals surface area (Å²) >= 11 is 0. The molecule has 0 saturated carbocycles. The van der Waals surface area contributed by atoms with Crippen LogP contribution in [0.15, 0.2) is 0 Å². The van der Waals surface area contributed by atoms with Gasteiger partial charge in [-0.15, -0.1) is 0 Å². The maximum absolute atomic E-state index is 10.7. The fourth-order valence-electron chi connectivity index (χ4n) is 1.47. The Labute approximate surface area is 72.5 Å². The van der Waals surface area contributed by atoms with E-state index < -0.39 is 5.97 Å². The van der Waals surface area contributed by atoms with Gasteiger partial charge in [-0.2, -0.15) is 0 Å². The molecule has 0 spiro atoms. The number of carbonyl (C=O) groups is 1. The quantitative estimate of drug-likeness (QED) is 0.646. The summed E-state index contributed by atoms with van der Waals surface area (Å²) in [7, 11) is 0. The smallest absolute Gasteiger partial charge is 0.322 e. The zero-order valence-corrected chi connectivity index (χ0v) is 7.42. The Morgan fingerprint density at radius 3 is 3.08 bits per heavy atom. The maximum Gasteiger partial charge on any atom is 0.322 e. The fourth-order valence-corrected chi connectivity index (χ4v) is 1.47. The van der Waals surface area contributed by atoms with Crippen LogP contribution in [0.25, 0.3) is 0 Å². The van der Waals surface area contributed by atoms with E-state index in [1.54, 1.807) is 0 Å². The molecule has 2 N–H and O–H groups in total. The van der Waals surface area contributed by atoms with Crippen LogP contribution in [-0.2, 0) is 4.79 Å². The van der Waals surface area contributed by atoms with Crippen LogP contribution in [0.5, 0.6) is 0 Å². The minimum atomic E-state index is -0.712. The number of aliphatic carboxylic acids is 1. The Morgan fingerprint density at radius 1 is 1.75 bits per heavy atom. The van der Waals surface area contributed by atoms with Crippen LogP contribution < -0.4 is 5.43 Å². The molecule has 0 bridgehead atoms. The first-order valence-electron chi connectivity index (χ1n) is 4.48. The summed E-state index contributed by atoms with van der Waals surface area (Å²) in [6.07, 6.45) is 2.78. The number of hydrogen-bond donors (Lipinski definition) is 2. The second-order valence-corrected chi connectivity index (χ2v) is 3.10. The molecule has 0 aromatic carbocycles. The number of carboxylic acid groups (broad SMARTS) is 1. The van der Waals surface area contributed by atoms with E-state index in [0.29, 0.717) is 0 Å². The molecule has 0 radical (unpaired) electrons. The van der Waals surface area contributed by atoms with Gasteiger partial charge in [0.2, 0.25) is 0 Å². The Hall–Kier alpha value is -0.610. The summed E-state index contributed by atoms with van der Waals surface area (Å²) in [6, 6.07) is -0.309. The van der Waals surface area contributed by atoms with E-state index in [2.05, 4.69) is 12.3 Å². The van der Waals surface area contributed by atoms with Crippen LogP contribution in [0, 0.1) is 0 Å². The minimum Gasteiger partial charge on any atom is -0.480 e. The number of hydrogen-bond acceptors (Lipinski definition) is 3. The summed E-state index contributed by atoms with van der Waals surface area (Å²) < 4.78 is 0. The second kappa shape index (κ2) is 4.42. The van der Waals surface area contributed by atoms with Crippen molar-refractivity contribution in [1.29, 1.82) is 0 Å². The number of rotatable bonds is 4. The zero-order valence-electron chi connectivity index (χ0n) is 7.42. The number of carboxylic acids is 1. The Kier molecular flexibility index (Phi) is 3.49. The molecule has 1 atom stereocenters. The van der Waals surface area contributed by atoms with Gasteiger partial charge in [0.25, 0.3) is 0 Å². The molecule has 1 fully saturated rings. The number of hydrazine groups is 1. The number of nitrogens with zero attached hydrogens (tertiary/aromatic N) is 1. The van der Waals surface area contributed by atoms with Gasteiger partial charge in [0.15, 0.2) is 0 Å². The van der Waals surface area contributed by atoms with Gasteiger partial charge in [0, 0.05) is 13.1 Å². The normalized spacial score (nSPS) is 24.6. The third-order valence-electron chi connectivity index (χ3n) is 2.10. The summed E-state index contributed by atoms with van der Waals surface area (Å²) in [4.78, 5) is 10.7. The van der Waals surface area contributed by atoms with Crippen molar-refractivity contribution in [2.45, 2.75) is 32.2 Å². The molecular weight excluding hydrogens is 156 g/mol. The lowest BCUT2D eigenvalue weighted by Gasteiger charge is -2.21. The molecule has 12 heavy (non-hydrogen) atoms. The monoisotopic (exact) mass is 172 g/mol. The van der Waals surface area contributed by atoms with Crippen LogP contribution in [0.4, 0.5) is 0 Å². The topological polar surface area (TPSA) is 52.6 Å². The highest BCUT2D eigenvalue weighted by Gasteiger charge is 2.29. The van der Waals surface area contributed by atoms with Crippen molar-refractivity contribution in [2.75, 3.05) is 13.1 Å². The standard InChI is InChI=1S/C8H16N2O2/c1-2-5-9-10-6-3-4-7(10)8(11)12/h7,9H,2-6H2,1H3,(H,11,12)/t7-/m0/s1. The van der Waals surface area contributed by atoms with Crippen molar-refractivity contribution in [2.24, 2.45) is 0 Å². The molecule has 0 aromatic heterocycles. The van der Waals surface area contributed by atoms with Crippen molar-refractivity contribution >= 4 is 5.97 Å². The van der Waals surface area contributed by atoms with Crippen LogP contribution >= 0.6 is 0 Å². The fraction of sp³-hybridized carbons (Fsp3) is 0.875. The van der Waals surface area contributed by atoms with Gasteiger partial charge in [-0.1, -0.05) is 6.92 Å². The minimum absolute atomic E-state index is 0.309. The Balaban J connectivity index is 2.35. The van der Waals surface area contributed by atoms with E-state index in [1.807, 2.05) is 5.01 Å². The first-order chi connectivity index (χ1) is 5.75. The largest absolute Gasteiger partial charge is 0.480 e. The summed E-state index contributed by atoms with van der Waals surface area (Å²) in [6.45, 7) is 3.79. The van der Waals surface area contributed by atoms with E-state index in [1.165, 1.54) is 0 Å². The molecule has 4 heteroatoms. The zero-order chi connectivity index (χ0) is 8.97. The lowest BCUT2D eigenvalue weighted by atomic mass is 10.2. The van der Waals surface area contributed by atoms with E-state index >= 15 is 0 Å². The molecule has 70 valence electrons. The van der Waals surface area contributed by atoms with Gasteiger partial charge in [0.1, 0.15) is 6.04 Å². The first kappa shape index (κ1) is 9.48. The van der Waals surface area contributed by atoms with Crippen molar-refractivity contribution in [3.8, 4) is 0 Å². The van der Waals surface area contributed by atoms with Crippen LogP contribution in [0.1, 0.15) is 26.2 Å². The molecular formula is C8H16N2O2. The predicted molar refractivity (Wildman–Crippen MR) is 45.7 cm³/mol. The highest BCUT2D eigenvalue weighted by molar-refractivity contribution is 5.73. The molecule has 0 amide bonds. The molecule has 0 aliphatic carbocycles. The van der Waals surface area contributed by atoms with Gasteiger partial charge >= 0.3 is 5.97 Å². The molecule has 1 saturated heterocycles.